The summed E-state index contributed by atoms with van der Waals surface area (Å²) in [6, 6.07) is 0. The van der Waals surface area contributed by atoms with E-state index >= 15 is 0 Å². The maximum atomic E-state index is 11.2. The number of rotatable bonds is 0. The number of allylic oxidation sites excluding steroid dienone is 2. The first-order chi connectivity index (χ1) is 5.21. The Balaban J connectivity index is 2.72. The first-order valence-corrected chi connectivity index (χ1v) is 9.53. The van der Waals surface area contributed by atoms with Gasteiger partial charge in [-0.1, -0.05) is 22.9 Å². The van der Waals surface area contributed by atoms with Gasteiger partial charge in [-0.15, -0.1) is 0 Å². The second-order valence-electron chi connectivity index (χ2n) is 1.50. The second-order valence-corrected chi connectivity index (χ2v) is 10.7. The molecule has 0 saturated heterocycles. The third-order valence-electron chi connectivity index (χ3n) is 0.699. The monoisotopic (exact) mass is 243 g/mol. The molecule has 1 rings (SSSR count). The lowest BCUT2D eigenvalue weighted by atomic mass is 10.6. The zero-order chi connectivity index (χ0) is 8.16. The molecule has 0 aromatic heterocycles. The van der Waals surface area contributed by atoms with Crippen LogP contribution in [-0.4, -0.2) is 4.21 Å². The third-order valence-corrected chi connectivity index (χ3v) is 10.2. The molecule has 0 spiro atoms. The molecule has 0 bridgehead atoms. The van der Waals surface area contributed by atoms with Crippen molar-refractivity contribution in [1.82, 2.24) is 0 Å². The average Bonchev–Trinajstić information content (AvgIpc) is 2.00. The Kier molecular flexibility index (Phi) is 4.29. The topological polar surface area (TPSA) is 40.9 Å². The predicted molar refractivity (Wildman–Crippen MR) is 59.5 cm³/mol. The third kappa shape index (κ3) is 4.41. The molecule has 1 N–H and O–H groups in total. The summed E-state index contributed by atoms with van der Waals surface area (Å²) < 4.78 is 18.5. The molecule has 1 aliphatic heterocycles. The molecule has 0 radical (unpaired) electrons. The van der Waals surface area contributed by atoms with E-state index in [1.54, 1.807) is 22.9 Å². The molecule has 0 amide bonds. The van der Waals surface area contributed by atoms with E-state index in [2.05, 4.69) is 0 Å². The van der Waals surface area contributed by atoms with Crippen molar-refractivity contribution in [2.24, 2.45) is 0 Å². The highest BCUT2D eigenvalue weighted by Crippen LogP contribution is 2.47. The Morgan fingerprint density at radius 1 is 1.27 bits per heavy atom. The molecule has 11 heavy (non-hydrogen) atoms. The van der Waals surface area contributed by atoms with Gasteiger partial charge < -0.3 is 0 Å². The lowest BCUT2D eigenvalue weighted by Gasteiger charge is -1.95. The summed E-state index contributed by atoms with van der Waals surface area (Å²) >= 11 is 0. The van der Waals surface area contributed by atoms with Crippen LogP contribution in [0.25, 0.3) is 0 Å². The van der Waals surface area contributed by atoms with E-state index < -0.39 is 8.76 Å². The fraction of sp³-hybridized carbons (Fsp3) is 0. The molecule has 1 heterocycles. The molecule has 1 unspecified atom stereocenters. The maximum absolute atomic E-state index is 11.2. The zero-order valence-corrected chi connectivity index (χ0v) is 9.34. The van der Waals surface area contributed by atoms with Gasteiger partial charge in [-0.25, -0.2) is 8.99 Å². The first kappa shape index (κ1) is 9.91. The van der Waals surface area contributed by atoms with Crippen molar-refractivity contribution in [2.75, 3.05) is 0 Å². The van der Waals surface area contributed by atoms with Crippen molar-refractivity contribution in [3.8, 4) is 0 Å². The van der Waals surface area contributed by atoms with Gasteiger partial charge >= 0.3 is 0 Å². The van der Waals surface area contributed by atoms with Gasteiger partial charge in [0, 0.05) is 25.1 Å². The minimum Gasteiger partial charge on any atom is -0.240 e. The standard InChI is InChI=1S/C4H5NOS5/c5-11(6)4-2-1-3-7-8-9-10-11/h1-5H/b3-1+,4-2-. The molecule has 1 atom stereocenters. The van der Waals surface area contributed by atoms with E-state index in [4.69, 9.17) is 4.78 Å². The van der Waals surface area contributed by atoms with Crippen molar-refractivity contribution in [1.29, 1.82) is 4.78 Å². The van der Waals surface area contributed by atoms with Crippen molar-refractivity contribution in [2.45, 2.75) is 0 Å². The summed E-state index contributed by atoms with van der Waals surface area (Å²) in [5.41, 5.74) is 0. The van der Waals surface area contributed by atoms with Crippen LogP contribution in [0.1, 0.15) is 0 Å². The van der Waals surface area contributed by atoms with E-state index in [0.717, 1.165) is 9.83 Å². The van der Waals surface area contributed by atoms with Crippen LogP contribution in [0.5, 0.6) is 0 Å². The summed E-state index contributed by atoms with van der Waals surface area (Å²) in [7, 11) is 3.00. The largest absolute Gasteiger partial charge is 0.240 e. The fourth-order valence-corrected chi connectivity index (χ4v) is 9.69. The Bertz CT molecular complexity index is 266. The van der Waals surface area contributed by atoms with Gasteiger partial charge in [0.15, 0.2) is 0 Å². The first-order valence-electron chi connectivity index (χ1n) is 2.51. The fourth-order valence-electron chi connectivity index (χ4n) is 0.340. The van der Waals surface area contributed by atoms with Crippen LogP contribution >= 0.6 is 40.3 Å². The molecule has 62 valence electrons. The van der Waals surface area contributed by atoms with E-state index in [1.165, 1.54) is 25.1 Å². The number of hydrogen-bond donors (Lipinski definition) is 1. The minimum atomic E-state index is -2.55. The summed E-state index contributed by atoms with van der Waals surface area (Å²) in [5, 5.41) is 3.32. The van der Waals surface area contributed by atoms with E-state index in [-0.39, 0.29) is 0 Å². The molecule has 0 saturated carbocycles. The van der Waals surface area contributed by atoms with Gasteiger partial charge in [-0.2, -0.15) is 0 Å². The van der Waals surface area contributed by atoms with Gasteiger partial charge in [-0.05, 0) is 15.2 Å². The Hall–Kier alpha value is 0.830. The lowest BCUT2D eigenvalue weighted by molar-refractivity contribution is 0.690. The van der Waals surface area contributed by atoms with Crippen LogP contribution in [0, 0.1) is 4.78 Å². The van der Waals surface area contributed by atoms with E-state index in [1.807, 2.05) is 5.41 Å². The normalized spacial score (nSPS) is 38.2. The molecule has 7 heteroatoms. The Morgan fingerprint density at radius 2 is 2.09 bits per heavy atom. The van der Waals surface area contributed by atoms with Crippen LogP contribution in [0.15, 0.2) is 23.0 Å². The van der Waals surface area contributed by atoms with Crippen LogP contribution in [0.2, 0.25) is 0 Å². The van der Waals surface area contributed by atoms with Gasteiger partial charge in [-0.3, -0.25) is 0 Å². The van der Waals surface area contributed by atoms with Gasteiger partial charge in [0.1, 0.15) is 8.76 Å². The molecule has 2 nitrogen and oxygen atoms in total. The van der Waals surface area contributed by atoms with E-state index in [9.17, 15) is 4.21 Å². The minimum absolute atomic E-state index is 1.09. The SMILES string of the molecule is N=S1(=O)/C=C\C=C\SSSS1. The quantitative estimate of drug-likeness (QED) is 0.657. The number of hydrogen-bond acceptors (Lipinski definition) is 6. The molecule has 0 aromatic carbocycles. The highest BCUT2D eigenvalue weighted by atomic mass is 33.8. The van der Waals surface area contributed by atoms with Crippen LogP contribution in [0.3, 0.4) is 0 Å². The van der Waals surface area contributed by atoms with Crippen molar-refractivity contribution >= 4 is 49.0 Å². The van der Waals surface area contributed by atoms with Crippen LogP contribution in [-0.2, 0) is 8.76 Å². The molecule has 0 fully saturated rings. The van der Waals surface area contributed by atoms with Crippen LogP contribution in [0.4, 0.5) is 0 Å². The zero-order valence-electron chi connectivity index (χ0n) is 5.26. The van der Waals surface area contributed by atoms with Crippen LogP contribution < -0.4 is 0 Å². The summed E-state index contributed by atoms with van der Waals surface area (Å²) in [6.45, 7) is 0. The second kappa shape index (κ2) is 4.76. The lowest BCUT2D eigenvalue weighted by Crippen LogP contribution is -1.78. The summed E-state index contributed by atoms with van der Waals surface area (Å²) in [5.74, 6) is 0. The molecule has 0 aliphatic carbocycles. The highest BCUT2D eigenvalue weighted by molar-refractivity contribution is 9.35. The Morgan fingerprint density at radius 3 is 2.91 bits per heavy atom. The molecule has 0 aromatic rings. The molecule has 1 aliphatic rings. The van der Waals surface area contributed by atoms with E-state index in [0.29, 0.717) is 0 Å². The summed E-state index contributed by atoms with van der Waals surface area (Å²) in [4.78, 5) is 0. The maximum Gasteiger partial charge on any atom is 0.129 e. The van der Waals surface area contributed by atoms with Gasteiger partial charge in [0.25, 0.3) is 0 Å². The molecular weight excluding hydrogens is 238 g/mol. The predicted octanol–water partition coefficient (Wildman–Crippen LogP) is 3.67. The molecular formula is C4H5NOS5. The smallest absolute Gasteiger partial charge is 0.129 e. The van der Waals surface area contributed by atoms with Crippen molar-refractivity contribution in [3.05, 3.63) is 23.0 Å². The number of nitrogens with one attached hydrogen (secondary N) is 1. The van der Waals surface area contributed by atoms with Gasteiger partial charge in [0.05, 0.1) is 0 Å². The highest BCUT2D eigenvalue weighted by Gasteiger charge is 2.03. The average molecular weight is 243 g/mol. The van der Waals surface area contributed by atoms with Crippen molar-refractivity contribution in [3.63, 3.8) is 0 Å². The van der Waals surface area contributed by atoms with Crippen molar-refractivity contribution < 1.29 is 4.21 Å². The Labute approximate surface area is 80.6 Å². The van der Waals surface area contributed by atoms with Gasteiger partial charge in [0.2, 0.25) is 0 Å². The summed E-state index contributed by atoms with van der Waals surface area (Å²) in [6.07, 6.45) is 3.44.